The topological polar surface area (TPSA) is 35.2 Å². The van der Waals surface area contributed by atoms with E-state index in [0.717, 1.165) is 6.92 Å². The van der Waals surface area contributed by atoms with Gasteiger partial charge in [0.1, 0.15) is 5.75 Å². The molecule has 0 unspecified atom stereocenters. The van der Waals surface area contributed by atoms with Crippen LogP contribution in [0.5, 0.6) is 5.75 Å². The average Bonchev–Trinajstić information content (AvgIpc) is 2.24. The summed E-state index contributed by atoms with van der Waals surface area (Å²) in [6.45, 7) is 1.16. The zero-order valence-corrected chi connectivity index (χ0v) is 9.34. The smallest absolute Gasteiger partial charge is 0.271 e. The average molecular weight is 227 g/mol. The Hall–Kier alpha value is -1.42. The van der Waals surface area contributed by atoms with Gasteiger partial charge >= 0.3 is 0 Å². The molecule has 0 aromatic heterocycles. The van der Waals surface area contributed by atoms with Gasteiger partial charge in [-0.05, 0) is 6.07 Å². The molecule has 1 aromatic carbocycles. The van der Waals surface area contributed by atoms with E-state index in [1.54, 1.807) is 24.3 Å². The maximum atomic E-state index is 13.3. The van der Waals surface area contributed by atoms with E-state index in [9.17, 15) is 8.78 Å². The minimum atomic E-state index is -2.90. The molecule has 0 aliphatic rings. The number of ether oxygens (including phenoxy) is 1. The quantitative estimate of drug-likeness (QED) is 0.858. The van der Waals surface area contributed by atoms with Crippen LogP contribution < -0.4 is 10.5 Å². The molecule has 1 aromatic rings. The van der Waals surface area contributed by atoms with E-state index < -0.39 is 5.92 Å². The Kier molecular flexibility index (Phi) is 4.01. The first-order valence-corrected chi connectivity index (χ1v) is 4.92. The molecule has 1 rings (SSSR count). The van der Waals surface area contributed by atoms with Crippen LogP contribution in [0.25, 0.3) is 6.08 Å². The number of hydrogen-bond donors (Lipinski definition) is 1. The van der Waals surface area contributed by atoms with Crippen molar-refractivity contribution in [2.75, 3.05) is 13.7 Å². The van der Waals surface area contributed by atoms with Gasteiger partial charge in [-0.25, -0.2) is 8.78 Å². The van der Waals surface area contributed by atoms with Gasteiger partial charge in [-0.15, -0.1) is 0 Å². The highest BCUT2D eigenvalue weighted by Gasteiger charge is 2.28. The zero-order valence-electron chi connectivity index (χ0n) is 9.34. The maximum absolute atomic E-state index is 13.3. The molecule has 0 saturated carbocycles. The van der Waals surface area contributed by atoms with Gasteiger partial charge in [0.25, 0.3) is 5.92 Å². The van der Waals surface area contributed by atoms with Crippen molar-refractivity contribution >= 4 is 6.08 Å². The van der Waals surface area contributed by atoms with Crippen LogP contribution in [0.15, 0.2) is 24.3 Å². The Morgan fingerprint density at radius 3 is 2.62 bits per heavy atom. The number of alkyl halides is 2. The Labute approximate surface area is 93.7 Å². The van der Waals surface area contributed by atoms with Crippen molar-refractivity contribution in [1.82, 2.24) is 0 Å². The van der Waals surface area contributed by atoms with Crippen molar-refractivity contribution in [3.05, 3.63) is 35.4 Å². The number of methoxy groups -OCH3 is 1. The first-order chi connectivity index (χ1) is 7.50. The van der Waals surface area contributed by atoms with E-state index in [-0.39, 0.29) is 5.56 Å². The number of halogens is 2. The molecule has 88 valence electrons. The summed E-state index contributed by atoms with van der Waals surface area (Å²) in [7, 11) is 1.45. The highest BCUT2D eigenvalue weighted by atomic mass is 19.3. The number of rotatable bonds is 4. The lowest BCUT2D eigenvalue weighted by molar-refractivity contribution is 0.0170. The van der Waals surface area contributed by atoms with Crippen LogP contribution in [0.4, 0.5) is 8.78 Å². The maximum Gasteiger partial charge on any atom is 0.271 e. The molecule has 0 fully saturated rings. The minimum Gasteiger partial charge on any atom is -0.496 e. The highest BCUT2D eigenvalue weighted by Crippen LogP contribution is 2.35. The summed E-state index contributed by atoms with van der Waals surface area (Å²) in [5, 5.41) is 0. The van der Waals surface area contributed by atoms with E-state index in [4.69, 9.17) is 10.5 Å². The molecule has 0 saturated heterocycles. The number of nitrogens with two attached hydrogens (primary N) is 1. The predicted octanol–water partition coefficient (Wildman–Crippen LogP) is 2.78. The van der Waals surface area contributed by atoms with Crippen LogP contribution in [0, 0.1) is 0 Å². The Morgan fingerprint density at radius 1 is 1.44 bits per heavy atom. The van der Waals surface area contributed by atoms with Gasteiger partial charge < -0.3 is 10.5 Å². The second-order valence-electron chi connectivity index (χ2n) is 3.45. The second kappa shape index (κ2) is 5.07. The first-order valence-electron chi connectivity index (χ1n) is 4.92. The SMILES string of the molecule is COc1cccc(C(C)(F)F)c1/C=C/CN. The molecule has 0 amide bonds. The molecule has 0 bridgehead atoms. The molecule has 0 radical (unpaired) electrons. The molecule has 0 atom stereocenters. The highest BCUT2D eigenvalue weighted by molar-refractivity contribution is 5.62. The summed E-state index contributed by atoms with van der Waals surface area (Å²) in [6.07, 6.45) is 3.18. The molecule has 2 nitrogen and oxygen atoms in total. The first kappa shape index (κ1) is 12.6. The van der Waals surface area contributed by atoms with Crippen LogP contribution in [-0.2, 0) is 5.92 Å². The van der Waals surface area contributed by atoms with Crippen molar-refractivity contribution in [3.63, 3.8) is 0 Å². The second-order valence-corrected chi connectivity index (χ2v) is 3.45. The molecule has 0 aliphatic heterocycles. The number of hydrogen-bond acceptors (Lipinski definition) is 2. The minimum absolute atomic E-state index is 0.0587. The Bertz CT molecular complexity index is 383. The van der Waals surface area contributed by atoms with Gasteiger partial charge in [-0.3, -0.25) is 0 Å². The summed E-state index contributed by atoms with van der Waals surface area (Å²) in [5.74, 6) is -2.48. The number of benzene rings is 1. The molecule has 0 heterocycles. The van der Waals surface area contributed by atoms with Crippen LogP contribution >= 0.6 is 0 Å². The molecular weight excluding hydrogens is 212 g/mol. The molecule has 4 heteroatoms. The van der Waals surface area contributed by atoms with Crippen LogP contribution in [0.2, 0.25) is 0 Å². The van der Waals surface area contributed by atoms with Gasteiger partial charge in [-0.2, -0.15) is 0 Å². The zero-order chi connectivity index (χ0) is 12.2. The summed E-state index contributed by atoms with van der Waals surface area (Å²) < 4.78 is 31.7. The van der Waals surface area contributed by atoms with Crippen molar-refractivity contribution < 1.29 is 13.5 Å². The molecule has 0 spiro atoms. The van der Waals surface area contributed by atoms with Crippen LogP contribution in [0.3, 0.4) is 0 Å². The van der Waals surface area contributed by atoms with Gasteiger partial charge in [0.15, 0.2) is 0 Å². The summed E-state index contributed by atoms with van der Waals surface area (Å²) in [4.78, 5) is 0. The van der Waals surface area contributed by atoms with Gasteiger partial charge in [0.05, 0.1) is 7.11 Å². The van der Waals surface area contributed by atoms with E-state index >= 15 is 0 Å². The lowest BCUT2D eigenvalue weighted by Gasteiger charge is -2.16. The standard InChI is InChI=1S/C12H15F2NO/c1-12(13,14)10-6-3-7-11(16-2)9(10)5-4-8-15/h3-7H,8,15H2,1-2H3/b5-4+. The van der Waals surface area contributed by atoms with E-state index in [1.165, 1.54) is 13.2 Å². The largest absolute Gasteiger partial charge is 0.496 e. The van der Waals surface area contributed by atoms with Crippen molar-refractivity contribution in [2.24, 2.45) is 5.73 Å². The van der Waals surface area contributed by atoms with Gasteiger partial charge in [0, 0.05) is 24.6 Å². The molecule has 16 heavy (non-hydrogen) atoms. The fourth-order valence-corrected chi connectivity index (χ4v) is 1.46. The van der Waals surface area contributed by atoms with Crippen molar-refractivity contribution in [1.29, 1.82) is 0 Å². The third kappa shape index (κ3) is 2.79. The monoisotopic (exact) mass is 227 g/mol. The molecule has 2 N–H and O–H groups in total. The Morgan fingerprint density at radius 2 is 2.12 bits per heavy atom. The third-order valence-electron chi connectivity index (χ3n) is 2.18. The van der Waals surface area contributed by atoms with Crippen molar-refractivity contribution in [2.45, 2.75) is 12.8 Å². The summed E-state index contributed by atoms with van der Waals surface area (Å²) in [6, 6.07) is 4.58. The van der Waals surface area contributed by atoms with E-state index in [0.29, 0.717) is 17.9 Å². The summed E-state index contributed by atoms with van der Waals surface area (Å²) in [5.41, 5.74) is 5.63. The molecule has 0 aliphatic carbocycles. The third-order valence-corrected chi connectivity index (χ3v) is 2.18. The van der Waals surface area contributed by atoms with Crippen LogP contribution in [-0.4, -0.2) is 13.7 Å². The fraction of sp³-hybridized carbons (Fsp3) is 0.333. The Balaban J connectivity index is 3.32. The van der Waals surface area contributed by atoms with Gasteiger partial charge in [0.2, 0.25) is 0 Å². The lowest BCUT2D eigenvalue weighted by atomic mass is 10.0. The van der Waals surface area contributed by atoms with Crippen molar-refractivity contribution in [3.8, 4) is 5.75 Å². The van der Waals surface area contributed by atoms with Crippen LogP contribution in [0.1, 0.15) is 18.1 Å². The molecular formula is C12H15F2NO. The summed E-state index contributed by atoms with van der Waals surface area (Å²) >= 11 is 0. The van der Waals surface area contributed by atoms with Gasteiger partial charge in [-0.1, -0.05) is 24.3 Å². The fourth-order valence-electron chi connectivity index (χ4n) is 1.46. The normalized spacial score (nSPS) is 12.1. The lowest BCUT2D eigenvalue weighted by Crippen LogP contribution is -2.10. The van der Waals surface area contributed by atoms with E-state index in [1.807, 2.05) is 0 Å². The van der Waals surface area contributed by atoms with E-state index in [2.05, 4.69) is 0 Å². The predicted molar refractivity (Wildman–Crippen MR) is 60.7 cm³/mol.